The van der Waals surface area contributed by atoms with Crippen LogP contribution in [0.2, 0.25) is 0 Å². The fourth-order valence-electron chi connectivity index (χ4n) is 4.38. The van der Waals surface area contributed by atoms with E-state index in [1.54, 1.807) is 12.1 Å². The van der Waals surface area contributed by atoms with Crippen molar-refractivity contribution in [2.24, 2.45) is 5.18 Å². The largest absolute Gasteiger partial charge is 0.465 e. The molecule has 1 aliphatic carbocycles. The number of hydrogen-bond acceptors (Lipinski definition) is 5. The number of rotatable bonds is 7. The minimum atomic E-state index is -1.11. The highest BCUT2D eigenvalue weighted by molar-refractivity contribution is 5.73. The molecule has 1 atom stereocenters. The Bertz CT molecular complexity index is 1330. The highest BCUT2D eigenvalue weighted by Crippen LogP contribution is 2.45. The van der Waals surface area contributed by atoms with Gasteiger partial charge in [0.2, 0.25) is 6.73 Å². The lowest BCUT2D eigenvalue weighted by atomic mass is 9.67. The van der Waals surface area contributed by atoms with Crippen LogP contribution >= 0.6 is 0 Å². The van der Waals surface area contributed by atoms with Crippen LogP contribution in [0.3, 0.4) is 0 Å². The average molecular weight is 506 g/mol. The Morgan fingerprint density at radius 1 is 0.865 bits per heavy atom. The van der Waals surface area contributed by atoms with Crippen LogP contribution in [0.4, 0.5) is 8.78 Å². The van der Waals surface area contributed by atoms with E-state index in [9.17, 15) is 4.91 Å². The van der Waals surface area contributed by atoms with Gasteiger partial charge in [0, 0.05) is 0 Å². The lowest BCUT2D eigenvalue weighted by Gasteiger charge is -2.35. The maximum Gasteiger partial charge on any atom is 0.219 e. The SMILES string of the molecule is CC.C\C1=C/C=C\C=C\C(c2ccc(OCO)c(F)c2)(c2ccc(OCN=O)c(F)c2)c2ccccc21. The summed E-state index contributed by atoms with van der Waals surface area (Å²) in [7, 11) is 0. The van der Waals surface area contributed by atoms with Gasteiger partial charge in [-0.05, 0) is 64.2 Å². The summed E-state index contributed by atoms with van der Waals surface area (Å²) in [4.78, 5) is 10.4. The molecule has 0 aromatic heterocycles. The number of aliphatic hydroxyl groups is 1. The molecule has 0 amide bonds. The molecule has 0 saturated carbocycles. The van der Waals surface area contributed by atoms with Crippen LogP contribution in [-0.2, 0) is 5.41 Å². The van der Waals surface area contributed by atoms with E-state index in [2.05, 4.69) is 5.18 Å². The van der Waals surface area contributed by atoms with E-state index < -0.39 is 30.6 Å². The topological polar surface area (TPSA) is 68.1 Å². The first kappa shape index (κ1) is 27.5. The van der Waals surface area contributed by atoms with Crippen LogP contribution in [-0.4, -0.2) is 18.6 Å². The van der Waals surface area contributed by atoms with Crippen molar-refractivity contribution < 1.29 is 23.4 Å². The van der Waals surface area contributed by atoms with E-state index in [0.717, 1.165) is 16.7 Å². The predicted octanol–water partition coefficient (Wildman–Crippen LogP) is 7.29. The van der Waals surface area contributed by atoms with Gasteiger partial charge in [-0.2, -0.15) is 0 Å². The van der Waals surface area contributed by atoms with E-state index in [0.29, 0.717) is 11.1 Å². The van der Waals surface area contributed by atoms with E-state index in [1.807, 2.05) is 75.4 Å². The number of benzene rings is 3. The number of aliphatic hydroxyl groups excluding tert-OH is 1. The summed E-state index contributed by atoms with van der Waals surface area (Å²) >= 11 is 0. The van der Waals surface area contributed by atoms with Crippen LogP contribution in [0.5, 0.6) is 11.5 Å². The molecular formula is C30H29F2NO4. The summed E-state index contributed by atoms with van der Waals surface area (Å²) in [5.41, 5.74) is 2.62. The third-order valence-corrected chi connectivity index (χ3v) is 5.96. The lowest BCUT2D eigenvalue weighted by Crippen LogP contribution is -2.29. The van der Waals surface area contributed by atoms with E-state index >= 15 is 8.78 Å². The summed E-state index contributed by atoms with van der Waals surface area (Å²) in [5.74, 6) is -1.56. The molecule has 3 aromatic carbocycles. The van der Waals surface area contributed by atoms with Crippen molar-refractivity contribution in [1.29, 1.82) is 0 Å². The Balaban J connectivity index is 0.00000186. The number of nitroso groups, excluding NO2 is 1. The fourth-order valence-corrected chi connectivity index (χ4v) is 4.38. The molecular weight excluding hydrogens is 476 g/mol. The van der Waals surface area contributed by atoms with Crippen LogP contribution in [0, 0.1) is 16.5 Å². The third kappa shape index (κ3) is 5.67. The Hall–Kier alpha value is -4.10. The highest BCUT2D eigenvalue weighted by atomic mass is 19.1. The molecule has 192 valence electrons. The van der Waals surface area contributed by atoms with Gasteiger partial charge in [-0.1, -0.05) is 80.6 Å². The number of hydrogen-bond donors (Lipinski definition) is 1. The molecule has 0 bridgehead atoms. The molecule has 5 nitrogen and oxygen atoms in total. The average Bonchev–Trinajstić information content (AvgIpc) is 2.99. The second-order valence-electron chi connectivity index (χ2n) is 7.91. The molecule has 1 N–H and O–H groups in total. The molecule has 0 aliphatic heterocycles. The van der Waals surface area contributed by atoms with Gasteiger partial charge in [-0.3, -0.25) is 0 Å². The summed E-state index contributed by atoms with van der Waals surface area (Å²) < 4.78 is 40.2. The van der Waals surface area contributed by atoms with E-state index in [-0.39, 0.29) is 11.5 Å². The number of nitrogens with zero attached hydrogens (tertiary/aromatic N) is 1. The lowest BCUT2D eigenvalue weighted by molar-refractivity contribution is 0.0944. The van der Waals surface area contributed by atoms with Gasteiger partial charge in [-0.15, -0.1) is 4.91 Å². The Morgan fingerprint density at radius 3 is 2.08 bits per heavy atom. The molecule has 1 unspecified atom stereocenters. The standard InChI is InChI=1S/C28H23F2NO4.C2H6/c1-19-7-3-2-6-14-28(23-9-5-4-8-22(19)23,21-11-13-27(35-18-32)25(30)16-21)20-10-12-26(24(29)15-20)34-17-31-33;1-2/h2-16,32H,17-18H2,1H3;1-2H3/b3-2-,14-6+,19-7+;. The predicted molar refractivity (Wildman–Crippen MR) is 141 cm³/mol. The second-order valence-corrected chi connectivity index (χ2v) is 7.91. The quantitative estimate of drug-likeness (QED) is 0.271. The van der Waals surface area contributed by atoms with Crippen LogP contribution in [0.25, 0.3) is 5.57 Å². The molecule has 0 fully saturated rings. The van der Waals surface area contributed by atoms with Crippen molar-refractivity contribution in [1.82, 2.24) is 0 Å². The maximum absolute atomic E-state index is 15.1. The van der Waals surface area contributed by atoms with Gasteiger partial charge in [-0.25, -0.2) is 8.78 Å². The smallest absolute Gasteiger partial charge is 0.219 e. The molecule has 4 rings (SSSR count). The first-order valence-corrected chi connectivity index (χ1v) is 11.9. The summed E-state index contributed by atoms with van der Waals surface area (Å²) in [6.45, 7) is 4.79. The monoisotopic (exact) mass is 505 g/mol. The van der Waals surface area contributed by atoms with E-state index in [4.69, 9.17) is 14.6 Å². The summed E-state index contributed by atoms with van der Waals surface area (Å²) in [5, 5.41) is 11.7. The Morgan fingerprint density at radius 2 is 1.49 bits per heavy atom. The van der Waals surface area contributed by atoms with Gasteiger partial charge in [0.05, 0.1) is 5.41 Å². The van der Waals surface area contributed by atoms with Crippen molar-refractivity contribution >= 4 is 5.57 Å². The maximum atomic E-state index is 15.1. The molecule has 0 spiro atoms. The molecule has 7 heteroatoms. The zero-order valence-electron chi connectivity index (χ0n) is 20.9. The van der Waals surface area contributed by atoms with Gasteiger partial charge in [0.15, 0.2) is 29.9 Å². The van der Waals surface area contributed by atoms with Crippen molar-refractivity contribution in [2.75, 3.05) is 13.5 Å². The van der Waals surface area contributed by atoms with Crippen molar-refractivity contribution in [2.45, 2.75) is 26.2 Å². The number of halogens is 2. The van der Waals surface area contributed by atoms with Crippen molar-refractivity contribution in [3.8, 4) is 11.5 Å². The highest BCUT2D eigenvalue weighted by Gasteiger charge is 2.37. The van der Waals surface area contributed by atoms with Gasteiger partial charge in [0.1, 0.15) is 0 Å². The minimum absolute atomic E-state index is 0.0982. The van der Waals surface area contributed by atoms with Gasteiger partial charge in [0.25, 0.3) is 0 Å². The van der Waals surface area contributed by atoms with Crippen molar-refractivity contribution in [3.63, 3.8) is 0 Å². The number of ether oxygens (including phenoxy) is 2. The Labute approximate surface area is 215 Å². The molecule has 1 aliphatic rings. The van der Waals surface area contributed by atoms with Crippen molar-refractivity contribution in [3.05, 3.63) is 130 Å². The normalized spacial score (nSPS) is 19.4. The molecule has 3 aromatic rings. The molecule has 0 heterocycles. The molecule has 37 heavy (non-hydrogen) atoms. The summed E-state index contributed by atoms with van der Waals surface area (Å²) in [6, 6.07) is 16.6. The Kier molecular flexibility index (Phi) is 9.46. The fraction of sp³-hybridized carbons (Fsp3) is 0.200. The minimum Gasteiger partial charge on any atom is -0.465 e. The van der Waals surface area contributed by atoms with Gasteiger partial charge >= 0.3 is 0 Å². The zero-order valence-corrected chi connectivity index (χ0v) is 20.9. The number of allylic oxidation sites excluding steroid dienone is 6. The first-order valence-electron chi connectivity index (χ1n) is 11.9. The van der Waals surface area contributed by atoms with Crippen LogP contribution < -0.4 is 9.47 Å². The zero-order chi connectivity index (χ0) is 26.8. The van der Waals surface area contributed by atoms with E-state index in [1.165, 1.54) is 24.3 Å². The first-order chi connectivity index (χ1) is 18.0. The number of fused-ring (bicyclic) bond motifs is 1. The second kappa shape index (κ2) is 12.7. The van der Waals surface area contributed by atoms with Gasteiger partial charge < -0.3 is 14.6 Å². The third-order valence-electron chi connectivity index (χ3n) is 5.96. The molecule has 0 radical (unpaired) electrons. The molecule has 0 saturated heterocycles. The van der Waals surface area contributed by atoms with Crippen LogP contribution in [0.1, 0.15) is 43.0 Å². The summed E-state index contributed by atoms with van der Waals surface area (Å²) in [6.07, 6.45) is 9.45. The van der Waals surface area contributed by atoms with Crippen LogP contribution in [0.15, 0.2) is 96.2 Å².